The van der Waals surface area contributed by atoms with E-state index in [1.165, 1.54) is 22.7 Å². The van der Waals surface area contributed by atoms with Gasteiger partial charge in [-0.25, -0.2) is 9.97 Å². The minimum Gasteiger partial charge on any atom is -0.286 e. The SMILES string of the molecule is CCc1ncc(C(=O)N(C)c2nc3ccccc3s2)s1. The summed E-state index contributed by atoms with van der Waals surface area (Å²) < 4.78 is 1.08. The van der Waals surface area contributed by atoms with Crippen LogP contribution >= 0.6 is 22.7 Å². The van der Waals surface area contributed by atoms with Crippen molar-refractivity contribution in [3.8, 4) is 0 Å². The molecule has 0 aliphatic rings. The van der Waals surface area contributed by atoms with Gasteiger partial charge in [0.15, 0.2) is 5.13 Å². The Kier molecular flexibility index (Phi) is 3.50. The van der Waals surface area contributed by atoms with Crippen LogP contribution in [0.3, 0.4) is 0 Å². The van der Waals surface area contributed by atoms with Gasteiger partial charge in [-0.2, -0.15) is 0 Å². The van der Waals surface area contributed by atoms with E-state index in [2.05, 4.69) is 9.97 Å². The number of fused-ring (bicyclic) bond motifs is 1. The first-order chi connectivity index (χ1) is 9.69. The van der Waals surface area contributed by atoms with E-state index in [4.69, 9.17) is 0 Å². The number of aromatic nitrogens is 2. The standard InChI is InChI=1S/C14H13N3OS2/c1-3-12-15-8-11(19-12)13(18)17(2)14-16-9-6-4-5-7-10(9)20-14/h4-8H,3H2,1-2H3. The average Bonchev–Trinajstić information content (AvgIpc) is 3.11. The van der Waals surface area contributed by atoms with Crippen molar-refractivity contribution in [1.29, 1.82) is 0 Å². The molecule has 0 N–H and O–H groups in total. The monoisotopic (exact) mass is 303 g/mol. The van der Waals surface area contributed by atoms with Crippen molar-refractivity contribution < 1.29 is 4.79 Å². The molecule has 20 heavy (non-hydrogen) atoms. The molecule has 1 aromatic carbocycles. The Bertz CT molecular complexity index is 729. The maximum atomic E-state index is 12.4. The van der Waals surface area contributed by atoms with E-state index >= 15 is 0 Å². The number of amides is 1. The first-order valence-corrected chi connectivity index (χ1v) is 7.90. The van der Waals surface area contributed by atoms with Crippen LogP contribution in [0.25, 0.3) is 10.2 Å². The number of para-hydroxylation sites is 1. The number of carbonyl (C=O) groups is 1. The summed E-state index contributed by atoms with van der Waals surface area (Å²) in [6.07, 6.45) is 2.50. The second kappa shape index (κ2) is 5.30. The minimum absolute atomic E-state index is 0.0544. The molecule has 2 aromatic heterocycles. The second-order valence-corrected chi connectivity index (χ2v) is 6.42. The van der Waals surface area contributed by atoms with Gasteiger partial charge in [-0.15, -0.1) is 11.3 Å². The van der Waals surface area contributed by atoms with Crippen molar-refractivity contribution in [3.63, 3.8) is 0 Å². The third-order valence-electron chi connectivity index (χ3n) is 2.94. The van der Waals surface area contributed by atoms with Crippen LogP contribution in [0, 0.1) is 0 Å². The molecule has 0 saturated carbocycles. The molecule has 0 spiro atoms. The van der Waals surface area contributed by atoms with Crippen LogP contribution in [0.15, 0.2) is 30.5 Å². The van der Waals surface area contributed by atoms with E-state index in [0.717, 1.165) is 21.6 Å². The molecule has 0 radical (unpaired) electrons. The normalized spacial score (nSPS) is 10.9. The fraction of sp³-hybridized carbons (Fsp3) is 0.214. The fourth-order valence-corrected chi connectivity index (χ4v) is 3.59. The van der Waals surface area contributed by atoms with E-state index in [1.54, 1.807) is 18.1 Å². The number of nitrogens with zero attached hydrogens (tertiary/aromatic N) is 3. The summed E-state index contributed by atoms with van der Waals surface area (Å²) in [7, 11) is 1.76. The van der Waals surface area contributed by atoms with Gasteiger partial charge in [0.1, 0.15) is 4.88 Å². The lowest BCUT2D eigenvalue weighted by Gasteiger charge is -2.11. The van der Waals surface area contributed by atoms with Crippen LogP contribution in [0.4, 0.5) is 5.13 Å². The Morgan fingerprint density at radius 2 is 2.10 bits per heavy atom. The number of thiazole rings is 2. The zero-order valence-corrected chi connectivity index (χ0v) is 12.8. The van der Waals surface area contributed by atoms with Gasteiger partial charge in [-0.05, 0) is 18.6 Å². The maximum Gasteiger partial charge on any atom is 0.271 e. The highest BCUT2D eigenvalue weighted by molar-refractivity contribution is 7.22. The van der Waals surface area contributed by atoms with Gasteiger partial charge in [0.05, 0.1) is 21.4 Å². The smallest absolute Gasteiger partial charge is 0.271 e. The highest BCUT2D eigenvalue weighted by Crippen LogP contribution is 2.29. The Balaban J connectivity index is 1.90. The van der Waals surface area contributed by atoms with Gasteiger partial charge in [-0.1, -0.05) is 30.4 Å². The number of hydrogen-bond donors (Lipinski definition) is 0. The predicted molar refractivity (Wildman–Crippen MR) is 83.8 cm³/mol. The zero-order valence-electron chi connectivity index (χ0n) is 11.2. The van der Waals surface area contributed by atoms with E-state index < -0.39 is 0 Å². The Hall–Kier alpha value is -1.79. The predicted octanol–water partition coefficient (Wildman–Crippen LogP) is 3.59. The summed E-state index contributed by atoms with van der Waals surface area (Å²) in [6.45, 7) is 2.03. The molecule has 2 heterocycles. The quantitative estimate of drug-likeness (QED) is 0.743. The third kappa shape index (κ3) is 2.32. The molecule has 0 fully saturated rings. The van der Waals surface area contributed by atoms with Crippen LogP contribution < -0.4 is 4.90 Å². The molecular weight excluding hydrogens is 290 g/mol. The maximum absolute atomic E-state index is 12.4. The first-order valence-electron chi connectivity index (χ1n) is 6.27. The summed E-state index contributed by atoms with van der Waals surface area (Å²) in [4.78, 5) is 23.4. The van der Waals surface area contributed by atoms with E-state index in [-0.39, 0.29) is 5.91 Å². The van der Waals surface area contributed by atoms with Crippen LogP contribution in [-0.2, 0) is 6.42 Å². The molecule has 1 amide bonds. The van der Waals surface area contributed by atoms with Crippen molar-refractivity contribution in [1.82, 2.24) is 9.97 Å². The summed E-state index contributed by atoms with van der Waals surface area (Å²) in [5, 5.41) is 1.69. The number of benzene rings is 1. The summed E-state index contributed by atoms with van der Waals surface area (Å²) in [6, 6.07) is 7.89. The summed E-state index contributed by atoms with van der Waals surface area (Å²) >= 11 is 2.96. The Morgan fingerprint density at radius 1 is 1.30 bits per heavy atom. The van der Waals surface area contributed by atoms with Crippen LogP contribution in [0.2, 0.25) is 0 Å². The van der Waals surface area contributed by atoms with Gasteiger partial charge in [-0.3, -0.25) is 9.69 Å². The molecule has 4 nitrogen and oxygen atoms in total. The van der Waals surface area contributed by atoms with Crippen molar-refractivity contribution in [2.24, 2.45) is 0 Å². The third-order valence-corrected chi connectivity index (χ3v) is 5.18. The Morgan fingerprint density at radius 3 is 2.80 bits per heavy atom. The second-order valence-electron chi connectivity index (χ2n) is 4.30. The summed E-state index contributed by atoms with van der Waals surface area (Å²) in [5.41, 5.74) is 0.922. The van der Waals surface area contributed by atoms with Crippen molar-refractivity contribution >= 4 is 43.9 Å². The van der Waals surface area contributed by atoms with Gasteiger partial charge in [0, 0.05) is 7.05 Å². The molecule has 0 bridgehead atoms. The lowest BCUT2D eigenvalue weighted by Crippen LogP contribution is -2.25. The van der Waals surface area contributed by atoms with Gasteiger partial charge >= 0.3 is 0 Å². The van der Waals surface area contributed by atoms with Crippen molar-refractivity contribution in [3.05, 3.63) is 40.3 Å². The molecule has 0 atom stereocenters. The largest absolute Gasteiger partial charge is 0.286 e. The minimum atomic E-state index is -0.0544. The fourth-order valence-electron chi connectivity index (χ4n) is 1.83. The molecule has 0 aliphatic carbocycles. The number of anilines is 1. The first kappa shape index (κ1) is 13.2. The molecule has 3 aromatic rings. The highest BCUT2D eigenvalue weighted by atomic mass is 32.1. The Labute approximate surface area is 124 Å². The molecule has 0 saturated heterocycles. The molecule has 0 aliphatic heterocycles. The summed E-state index contributed by atoms with van der Waals surface area (Å²) in [5.74, 6) is -0.0544. The molecule has 102 valence electrons. The van der Waals surface area contributed by atoms with Crippen LogP contribution in [-0.4, -0.2) is 22.9 Å². The zero-order chi connectivity index (χ0) is 14.1. The van der Waals surface area contributed by atoms with Gasteiger partial charge in [0.25, 0.3) is 5.91 Å². The van der Waals surface area contributed by atoms with E-state index in [1.807, 2.05) is 31.2 Å². The van der Waals surface area contributed by atoms with Crippen molar-refractivity contribution in [2.45, 2.75) is 13.3 Å². The van der Waals surface area contributed by atoms with Gasteiger partial charge in [0.2, 0.25) is 0 Å². The number of rotatable bonds is 3. The number of hydrogen-bond acceptors (Lipinski definition) is 5. The molecule has 0 unspecified atom stereocenters. The van der Waals surface area contributed by atoms with Crippen molar-refractivity contribution in [2.75, 3.05) is 11.9 Å². The number of aryl methyl sites for hydroxylation is 1. The van der Waals surface area contributed by atoms with E-state index in [9.17, 15) is 4.79 Å². The average molecular weight is 303 g/mol. The molecular formula is C14H13N3OS2. The molecule has 6 heteroatoms. The van der Waals surface area contributed by atoms with Gasteiger partial charge < -0.3 is 0 Å². The lowest BCUT2D eigenvalue weighted by atomic mass is 10.3. The molecule has 3 rings (SSSR count). The van der Waals surface area contributed by atoms with E-state index in [0.29, 0.717) is 10.0 Å². The van der Waals surface area contributed by atoms with Crippen LogP contribution in [0.5, 0.6) is 0 Å². The lowest BCUT2D eigenvalue weighted by molar-refractivity contribution is 0.0996. The topological polar surface area (TPSA) is 46.1 Å². The van der Waals surface area contributed by atoms with Crippen LogP contribution in [0.1, 0.15) is 21.6 Å². The number of carbonyl (C=O) groups excluding carboxylic acids is 1. The highest BCUT2D eigenvalue weighted by Gasteiger charge is 2.19.